The van der Waals surface area contributed by atoms with Crippen LogP contribution in [0.2, 0.25) is 0 Å². The topological polar surface area (TPSA) is 86.5 Å². The van der Waals surface area contributed by atoms with Gasteiger partial charge in [-0.25, -0.2) is 9.97 Å². The highest BCUT2D eigenvalue weighted by Gasteiger charge is 2.14. The van der Waals surface area contributed by atoms with Crippen molar-refractivity contribution in [1.29, 1.82) is 0 Å². The Morgan fingerprint density at radius 1 is 1.14 bits per heavy atom. The summed E-state index contributed by atoms with van der Waals surface area (Å²) in [5.41, 5.74) is 2.23. The average Bonchev–Trinajstić information content (AvgIpc) is 3.49. The quantitative estimate of drug-likeness (QED) is 0.459. The molecule has 9 heteroatoms. The van der Waals surface area contributed by atoms with Gasteiger partial charge in [0.25, 0.3) is 0 Å². The molecular formula is C20H17N3O4S2. The molecule has 0 aliphatic rings. The number of furan rings is 1. The van der Waals surface area contributed by atoms with Gasteiger partial charge in [-0.05, 0) is 24.3 Å². The zero-order chi connectivity index (χ0) is 20.2. The molecular weight excluding hydrogens is 410 g/mol. The number of rotatable bonds is 7. The lowest BCUT2D eigenvalue weighted by Crippen LogP contribution is -2.14. The summed E-state index contributed by atoms with van der Waals surface area (Å²) in [4.78, 5) is 21.3. The van der Waals surface area contributed by atoms with Crippen LogP contribution in [0, 0.1) is 0 Å². The summed E-state index contributed by atoms with van der Waals surface area (Å²) in [6.07, 6.45) is 1.76. The third kappa shape index (κ3) is 4.30. The summed E-state index contributed by atoms with van der Waals surface area (Å²) in [6, 6.07) is 9.16. The largest absolute Gasteiger partial charge is 0.497 e. The molecule has 0 bridgehead atoms. The maximum absolute atomic E-state index is 12.4. The van der Waals surface area contributed by atoms with Gasteiger partial charge >= 0.3 is 0 Å². The van der Waals surface area contributed by atoms with E-state index in [1.165, 1.54) is 22.7 Å². The van der Waals surface area contributed by atoms with Crippen molar-refractivity contribution in [3.63, 3.8) is 0 Å². The Kier molecular flexibility index (Phi) is 5.59. The van der Waals surface area contributed by atoms with Gasteiger partial charge in [-0.1, -0.05) is 0 Å². The predicted octanol–water partition coefficient (Wildman–Crippen LogP) is 4.73. The van der Waals surface area contributed by atoms with Crippen LogP contribution in [0.4, 0.5) is 5.13 Å². The van der Waals surface area contributed by atoms with Crippen LogP contribution < -0.4 is 14.8 Å². The summed E-state index contributed by atoms with van der Waals surface area (Å²) in [5, 5.41) is 7.82. The molecule has 0 aliphatic heterocycles. The van der Waals surface area contributed by atoms with Gasteiger partial charge in [0.15, 0.2) is 15.9 Å². The Morgan fingerprint density at radius 2 is 2.03 bits per heavy atom. The Morgan fingerprint density at radius 3 is 2.79 bits per heavy atom. The van der Waals surface area contributed by atoms with E-state index in [0.717, 1.165) is 16.3 Å². The van der Waals surface area contributed by atoms with Crippen molar-refractivity contribution < 1.29 is 18.7 Å². The first-order valence-electron chi connectivity index (χ1n) is 8.62. The van der Waals surface area contributed by atoms with Crippen LogP contribution >= 0.6 is 22.7 Å². The first-order chi connectivity index (χ1) is 14.2. The number of anilines is 1. The molecule has 0 atom stereocenters. The van der Waals surface area contributed by atoms with E-state index in [4.69, 9.17) is 13.9 Å². The second kappa shape index (κ2) is 8.46. The van der Waals surface area contributed by atoms with Gasteiger partial charge in [-0.2, -0.15) is 0 Å². The number of hydrogen-bond acceptors (Lipinski definition) is 8. The fourth-order valence-electron chi connectivity index (χ4n) is 2.69. The van der Waals surface area contributed by atoms with Crippen molar-refractivity contribution in [2.45, 2.75) is 6.42 Å². The van der Waals surface area contributed by atoms with Gasteiger partial charge in [0, 0.05) is 22.4 Å². The number of nitrogens with one attached hydrogen (secondary N) is 1. The zero-order valence-electron chi connectivity index (χ0n) is 15.7. The van der Waals surface area contributed by atoms with E-state index in [-0.39, 0.29) is 12.3 Å². The van der Waals surface area contributed by atoms with Gasteiger partial charge in [-0.15, -0.1) is 22.7 Å². The van der Waals surface area contributed by atoms with Crippen LogP contribution in [0.1, 0.15) is 5.69 Å². The molecule has 3 aromatic heterocycles. The fourth-order valence-corrected chi connectivity index (χ4v) is 4.21. The number of ether oxygens (including phenoxy) is 2. The van der Waals surface area contributed by atoms with E-state index < -0.39 is 0 Å². The van der Waals surface area contributed by atoms with Crippen molar-refractivity contribution in [3.8, 4) is 33.5 Å². The van der Waals surface area contributed by atoms with E-state index in [2.05, 4.69) is 15.3 Å². The number of carbonyl (C=O) groups excluding carboxylic acids is 1. The van der Waals surface area contributed by atoms with E-state index in [0.29, 0.717) is 28.1 Å². The van der Waals surface area contributed by atoms with Crippen LogP contribution in [0.15, 0.2) is 51.8 Å². The predicted molar refractivity (Wildman–Crippen MR) is 113 cm³/mol. The Hall–Kier alpha value is -3.17. The molecule has 0 radical (unpaired) electrons. The molecule has 1 amide bonds. The molecule has 0 saturated heterocycles. The second-order valence-corrected chi connectivity index (χ2v) is 7.67. The highest BCUT2D eigenvalue weighted by molar-refractivity contribution is 7.14. The lowest BCUT2D eigenvalue weighted by Gasteiger charge is -2.08. The summed E-state index contributed by atoms with van der Waals surface area (Å²) in [5.74, 6) is 1.87. The maximum Gasteiger partial charge on any atom is 0.232 e. The molecule has 4 aromatic rings. The molecule has 1 aromatic carbocycles. The third-order valence-electron chi connectivity index (χ3n) is 4.06. The van der Waals surface area contributed by atoms with Crippen molar-refractivity contribution in [1.82, 2.24) is 9.97 Å². The van der Waals surface area contributed by atoms with Crippen LogP contribution in [-0.4, -0.2) is 30.1 Å². The third-order valence-corrected chi connectivity index (χ3v) is 5.72. The van der Waals surface area contributed by atoms with Crippen molar-refractivity contribution in [2.24, 2.45) is 0 Å². The lowest BCUT2D eigenvalue weighted by molar-refractivity contribution is -0.115. The standard InChI is InChI=1S/C20H17N3O4S2/c1-25-13-5-6-14(17(9-13)26-2)15-11-29-20(22-15)23-18(24)8-12-10-28-19(21-12)16-4-3-7-27-16/h3-7,9-11H,8H2,1-2H3,(H,22,23,24). The van der Waals surface area contributed by atoms with E-state index in [1.54, 1.807) is 32.6 Å². The lowest BCUT2D eigenvalue weighted by atomic mass is 10.1. The first-order valence-corrected chi connectivity index (χ1v) is 10.4. The number of hydrogen-bond donors (Lipinski definition) is 1. The van der Waals surface area contributed by atoms with Crippen LogP contribution in [0.3, 0.4) is 0 Å². The minimum absolute atomic E-state index is 0.165. The minimum Gasteiger partial charge on any atom is -0.497 e. The highest BCUT2D eigenvalue weighted by atomic mass is 32.1. The van der Waals surface area contributed by atoms with Crippen LogP contribution in [-0.2, 0) is 11.2 Å². The molecule has 0 fully saturated rings. The second-order valence-electron chi connectivity index (χ2n) is 5.95. The normalized spacial score (nSPS) is 10.7. The number of carbonyl (C=O) groups is 1. The minimum atomic E-state index is -0.177. The molecule has 1 N–H and O–H groups in total. The Labute approximate surface area is 175 Å². The molecule has 4 rings (SSSR count). The molecule has 0 saturated carbocycles. The van der Waals surface area contributed by atoms with E-state index in [1.807, 2.05) is 29.0 Å². The SMILES string of the molecule is COc1ccc(-c2csc(NC(=O)Cc3csc(-c4ccco4)n3)n2)c(OC)c1. The number of methoxy groups -OCH3 is 2. The van der Waals surface area contributed by atoms with Gasteiger partial charge in [0.05, 0.1) is 38.3 Å². The van der Waals surface area contributed by atoms with Crippen LogP contribution in [0.25, 0.3) is 22.0 Å². The smallest absolute Gasteiger partial charge is 0.232 e. The summed E-state index contributed by atoms with van der Waals surface area (Å²) >= 11 is 2.79. The van der Waals surface area contributed by atoms with Gasteiger partial charge in [0.2, 0.25) is 5.91 Å². The van der Waals surface area contributed by atoms with Gasteiger partial charge in [0.1, 0.15) is 11.5 Å². The fraction of sp³-hybridized carbons (Fsp3) is 0.150. The molecule has 29 heavy (non-hydrogen) atoms. The summed E-state index contributed by atoms with van der Waals surface area (Å²) in [7, 11) is 3.20. The molecule has 0 spiro atoms. The maximum atomic E-state index is 12.4. The first kappa shape index (κ1) is 19.2. The van der Waals surface area contributed by atoms with Gasteiger partial charge < -0.3 is 19.2 Å². The van der Waals surface area contributed by atoms with E-state index in [9.17, 15) is 4.79 Å². The number of aromatic nitrogens is 2. The number of thiazole rings is 2. The number of nitrogens with zero attached hydrogens (tertiary/aromatic N) is 2. The number of amides is 1. The molecule has 3 heterocycles. The molecule has 0 unspecified atom stereocenters. The van der Waals surface area contributed by atoms with E-state index >= 15 is 0 Å². The monoisotopic (exact) mass is 427 g/mol. The van der Waals surface area contributed by atoms with Crippen molar-refractivity contribution in [2.75, 3.05) is 19.5 Å². The highest BCUT2D eigenvalue weighted by Crippen LogP contribution is 2.35. The Balaban J connectivity index is 1.43. The molecule has 7 nitrogen and oxygen atoms in total. The molecule has 0 aliphatic carbocycles. The molecule has 148 valence electrons. The van der Waals surface area contributed by atoms with Crippen LogP contribution in [0.5, 0.6) is 11.5 Å². The van der Waals surface area contributed by atoms with Gasteiger partial charge in [-0.3, -0.25) is 4.79 Å². The van der Waals surface area contributed by atoms with Crippen molar-refractivity contribution in [3.05, 3.63) is 53.0 Å². The summed E-state index contributed by atoms with van der Waals surface area (Å²) in [6.45, 7) is 0. The Bertz CT molecular complexity index is 1120. The summed E-state index contributed by atoms with van der Waals surface area (Å²) < 4.78 is 16.0. The zero-order valence-corrected chi connectivity index (χ0v) is 17.3. The average molecular weight is 428 g/mol. The van der Waals surface area contributed by atoms with Crippen molar-refractivity contribution >= 4 is 33.7 Å². The number of benzene rings is 1.